The summed E-state index contributed by atoms with van der Waals surface area (Å²) in [5, 5.41) is 14.2. The lowest BCUT2D eigenvalue weighted by Gasteiger charge is -2.15. The molecule has 0 aliphatic heterocycles. The number of carboxylic acids is 1. The van der Waals surface area contributed by atoms with Crippen molar-refractivity contribution in [3.8, 4) is 0 Å². The van der Waals surface area contributed by atoms with Gasteiger partial charge in [-0.05, 0) is 29.7 Å². The van der Waals surface area contributed by atoms with Gasteiger partial charge in [0.2, 0.25) is 5.91 Å². The van der Waals surface area contributed by atoms with Gasteiger partial charge in [-0.1, -0.05) is 44.2 Å². The molecule has 0 fully saturated rings. The number of amides is 2. The molecule has 2 aromatic carbocycles. The number of carbonyl (C=O) groups is 3. The maximum Gasteiger partial charge on any atom is 0.326 e. The summed E-state index contributed by atoms with van der Waals surface area (Å²) in [6.07, 6.45) is 0.356. The quantitative estimate of drug-likeness (QED) is 0.649. The van der Waals surface area contributed by atoms with Gasteiger partial charge in [0.25, 0.3) is 5.91 Å². The number of anilines is 1. The number of carboxylic acid groups (broad SMARTS) is 1. The second kappa shape index (κ2) is 9.64. The topological polar surface area (TPSA) is 95.5 Å². The Morgan fingerprint density at radius 1 is 1.07 bits per heavy atom. The molecule has 1 unspecified atom stereocenters. The van der Waals surface area contributed by atoms with Crippen molar-refractivity contribution in [3.05, 3.63) is 65.5 Å². The summed E-state index contributed by atoms with van der Waals surface area (Å²) in [5.74, 6) is -2.84. The summed E-state index contributed by atoms with van der Waals surface area (Å²) < 4.78 is 14.2. The Kier molecular flexibility index (Phi) is 7.26. The van der Waals surface area contributed by atoms with E-state index in [0.29, 0.717) is 0 Å². The highest BCUT2D eigenvalue weighted by Gasteiger charge is 2.22. The zero-order valence-electron chi connectivity index (χ0n) is 15.7. The van der Waals surface area contributed by atoms with Crippen LogP contribution in [-0.2, 0) is 16.0 Å². The van der Waals surface area contributed by atoms with Crippen LogP contribution in [0.4, 0.5) is 10.1 Å². The van der Waals surface area contributed by atoms with Crippen LogP contribution in [0.1, 0.15) is 36.2 Å². The first-order valence-electron chi connectivity index (χ1n) is 8.93. The minimum Gasteiger partial charge on any atom is -0.480 e. The predicted molar refractivity (Wildman–Crippen MR) is 104 cm³/mol. The molecule has 7 heteroatoms. The van der Waals surface area contributed by atoms with Gasteiger partial charge in [0, 0.05) is 18.4 Å². The standard InChI is InChI=1S/C21H23FN2O4/c1-13(2)10-19(25)23-17-9-8-15(12-16(17)22)20(26)24-18(21(27)28)11-14-6-4-3-5-7-14/h3-9,12-13,18H,10-11H2,1-2H3,(H,23,25)(H,24,26)(H,27,28). The van der Waals surface area contributed by atoms with E-state index in [4.69, 9.17) is 0 Å². The van der Waals surface area contributed by atoms with E-state index in [2.05, 4.69) is 10.6 Å². The van der Waals surface area contributed by atoms with Gasteiger partial charge in [-0.3, -0.25) is 9.59 Å². The van der Waals surface area contributed by atoms with Crippen molar-refractivity contribution in [2.24, 2.45) is 5.92 Å². The molecule has 2 aromatic rings. The van der Waals surface area contributed by atoms with Crippen LogP contribution in [0.2, 0.25) is 0 Å². The summed E-state index contributed by atoms with van der Waals surface area (Å²) in [6, 6.07) is 11.3. The molecule has 6 nitrogen and oxygen atoms in total. The van der Waals surface area contributed by atoms with Gasteiger partial charge < -0.3 is 15.7 Å². The Morgan fingerprint density at radius 3 is 2.32 bits per heavy atom. The third kappa shape index (κ3) is 6.19. The molecular formula is C21H23FN2O4. The molecular weight excluding hydrogens is 363 g/mol. The van der Waals surface area contributed by atoms with E-state index in [1.54, 1.807) is 24.3 Å². The molecule has 0 heterocycles. The molecule has 0 aliphatic rings. The first-order valence-corrected chi connectivity index (χ1v) is 8.93. The number of nitrogens with one attached hydrogen (secondary N) is 2. The van der Waals surface area contributed by atoms with Crippen LogP contribution in [0.25, 0.3) is 0 Å². The second-order valence-electron chi connectivity index (χ2n) is 6.89. The van der Waals surface area contributed by atoms with Crippen molar-refractivity contribution in [2.75, 3.05) is 5.32 Å². The fraction of sp³-hybridized carbons (Fsp3) is 0.286. The molecule has 28 heavy (non-hydrogen) atoms. The van der Waals surface area contributed by atoms with E-state index in [9.17, 15) is 23.9 Å². The van der Waals surface area contributed by atoms with Gasteiger partial charge in [-0.2, -0.15) is 0 Å². The average Bonchev–Trinajstić information content (AvgIpc) is 2.62. The van der Waals surface area contributed by atoms with Gasteiger partial charge in [-0.15, -0.1) is 0 Å². The van der Waals surface area contributed by atoms with E-state index in [1.165, 1.54) is 12.1 Å². The number of rotatable bonds is 8. The smallest absolute Gasteiger partial charge is 0.326 e. The maximum absolute atomic E-state index is 14.2. The monoisotopic (exact) mass is 386 g/mol. The van der Waals surface area contributed by atoms with Crippen molar-refractivity contribution < 1.29 is 23.9 Å². The Labute approximate surface area is 162 Å². The summed E-state index contributed by atoms with van der Waals surface area (Å²) in [5.41, 5.74) is 0.699. The van der Waals surface area contributed by atoms with Gasteiger partial charge >= 0.3 is 5.97 Å². The summed E-state index contributed by atoms with van der Waals surface area (Å²) in [4.78, 5) is 35.6. The second-order valence-corrected chi connectivity index (χ2v) is 6.89. The number of halogens is 1. The molecule has 0 aliphatic carbocycles. The van der Waals surface area contributed by atoms with Crippen LogP contribution >= 0.6 is 0 Å². The molecule has 0 aromatic heterocycles. The average molecular weight is 386 g/mol. The van der Waals surface area contributed by atoms with Gasteiger partial charge in [0.05, 0.1) is 5.69 Å². The van der Waals surface area contributed by atoms with Crippen LogP contribution in [0.3, 0.4) is 0 Å². The van der Waals surface area contributed by atoms with E-state index < -0.39 is 23.7 Å². The molecule has 1 atom stereocenters. The third-order valence-corrected chi connectivity index (χ3v) is 3.99. The number of carbonyl (C=O) groups excluding carboxylic acids is 2. The highest BCUT2D eigenvalue weighted by molar-refractivity contribution is 5.97. The summed E-state index contributed by atoms with van der Waals surface area (Å²) in [7, 11) is 0. The van der Waals surface area contributed by atoms with Crippen LogP contribution < -0.4 is 10.6 Å². The van der Waals surface area contributed by atoms with Crippen LogP contribution in [0.15, 0.2) is 48.5 Å². The molecule has 148 valence electrons. The van der Waals surface area contributed by atoms with Crippen LogP contribution in [-0.4, -0.2) is 28.9 Å². The fourth-order valence-corrected chi connectivity index (χ4v) is 2.62. The minimum absolute atomic E-state index is 0.0266. The lowest BCUT2D eigenvalue weighted by molar-refractivity contribution is -0.139. The number of hydrogen-bond donors (Lipinski definition) is 3. The lowest BCUT2D eigenvalue weighted by Crippen LogP contribution is -2.42. The zero-order chi connectivity index (χ0) is 20.7. The number of hydrogen-bond acceptors (Lipinski definition) is 3. The number of aliphatic carboxylic acids is 1. The Morgan fingerprint density at radius 2 is 1.75 bits per heavy atom. The van der Waals surface area contributed by atoms with Gasteiger partial charge in [-0.25, -0.2) is 9.18 Å². The van der Waals surface area contributed by atoms with Crippen molar-refractivity contribution in [1.82, 2.24) is 5.32 Å². The lowest BCUT2D eigenvalue weighted by atomic mass is 10.1. The Hall–Kier alpha value is -3.22. The van der Waals surface area contributed by atoms with E-state index >= 15 is 0 Å². The first-order chi connectivity index (χ1) is 13.3. The van der Waals surface area contributed by atoms with E-state index in [-0.39, 0.29) is 35.9 Å². The first kappa shape index (κ1) is 21.1. The zero-order valence-corrected chi connectivity index (χ0v) is 15.7. The molecule has 2 amide bonds. The van der Waals surface area contributed by atoms with E-state index in [1.807, 2.05) is 19.9 Å². The van der Waals surface area contributed by atoms with Gasteiger partial charge in [0.15, 0.2) is 0 Å². The SMILES string of the molecule is CC(C)CC(=O)Nc1ccc(C(=O)NC(Cc2ccccc2)C(=O)O)cc1F. The van der Waals surface area contributed by atoms with Gasteiger partial charge in [0.1, 0.15) is 11.9 Å². The highest BCUT2D eigenvalue weighted by Crippen LogP contribution is 2.17. The molecule has 0 bridgehead atoms. The molecule has 0 saturated carbocycles. The van der Waals surface area contributed by atoms with Crippen molar-refractivity contribution in [1.29, 1.82) is 0 Å². The highest BCUT2D eigenvalue weighted by atomic mass is 19.1. The van der Waals surface area contributed by atoms with E-state index in [0.717, 1.165) is 11.6 Å². The van der Waals surface area contributed by atoms with Crippen LogP contribution in [0, 0.1) is 11.7 Å². The van der Waals surface area contributed by atoms with Crippen molar-refractivity contribution >= 4 is 23.5 Å². The Balaban J connectivity index is 2.07. The predicted octanol–water partition coefficient (Wildman–Crippen LogP) is 3.24. The maximum atomic E-state index is 14.2. The number of benzene rings is 2. The normalized spacial score (nSPS) is 11.7. The molecule has 0 radical (unpaired) electrons. The molecule has 2 rings (SSSR count). The largest absolute Gasteiger partial charge is 0.480 e. The Bertz CT molecular complexity index is 853. The van der Waals surface area contributed by atoms with Crippen LogP contribution in [0.5, 0.6) is 0 Å². The molecule has 0 saturated heterocycles. The molecule has 3 N–H and O–H groups in total. The third-order valence-electron chi connectivity index (χ3n) is 3.99. The fourth-order valence-electron chi connectivity index (χ4n) is 2.62. The minimum atomic E-state index is -1.18. The van der Waals surface area contributed by atoms with Crippen molar-refractivity contribution in [3.63, 3.8) is 0 Å². The summed E-state index contributed by atoms with van der Waals surface area (Å²) in [6.45, 7) is 3.75. The van der Waals surface area contributed by atoms with Crippen molar-refractivity contribution in [2.45, 2.75) is 32.7 Å². The molecule has 0 spiro atoms. The summed E-state index contributed by atoms with van der Waals surface area (Å²) >= 11 is 0.